The van der Waals surface area contributed by atoms with Crippen LogP contribution in [0.4, 0.5) is 4.79 Å². The van der Waals surface area contributed by atoms with E-state index in [0.717, 1.165) is 25.7 Å². The number of ether oxygens (including phenoxy) is 1. The molecule has 7 heteroatoms. The Bertz CT molecular complexity index is 940. The molecule has 0 aromatic heterocycles. The molecule has 0 aliphatic heterocycles. The molecule has 0 radical (unpaired) electrons. The lowest BCUT2D eigenvalue weighted by Crippen LogP contribution is -2.48. The minimum absolute atomic E-state index is 0.0428. The van der Waals surface area contributed by atoms with E-state index in [9.17, 15) is 19.2 Å². The van der Waals surface area contributed by atoms with Crippen molar-refractivity contribution in [1.29, 1.82) is 0 Å². The summed E-state index contributed by atoms with van der Waals surface area (Å²) in [5.74, 6) is -1.21. The van der Waals surface area contributed by atoms with Gasteiger partial charge >= 0.3 is 12.0 Å². The summed E-state index contributed by atoms with van der Waals surface area (Å²) in [6.45, 7) is 1.50. The van der Waals surface area contributed by atoms with E-state index in [-0.39, 0.29) is 17.4 Å². The Morgan fingerprint density at radius 2 is 1.48 bits per heavy atom. The van der Waals surface area contributed by atoms with Crippen LogP contribution in [0.5, 0.6) is 0 Å². The quantitative estimate of drug-likeness (QED) is 0.548. The number of imide groups is 1. The van der Waals surface area contributed by atoms with Crippen LogP contribution in [0.1, 0.15) is 58.9 Å². The summed E-state index contributed by atoms with van der Waals surface area (Å²) in [7, 11) is 0. The van der Waals surface area contributed by atoms with Crippen LogP contribution in [0.2, 0.25) is 0 Å². The number of urea groups is 1. The maximum atomic E-state index is 12.4. The number of ketones is 1. The number of hydrogen-bond acceptors (Lipinski definition) is 5. The van der Waals surface area contributed by atoms with Crippen molar-refractivity contribution in [2.75, 3.05) is 6.61 Å². The number of rotatable bonds is 6. The van der Waals surface area contributed by atoms with Crippen molar-refractivity contribution in [2.45, 2.75) is 38.6 Å². The van der Waals surface area contributed by atoms with Gasteiger partial charge in [-0.1, -0.05) is 62.2 Å². The largest absolute Gasteiger partial charge is 0.452 e. The third-order valence-electron chi connectivity index (χ3n) is 5.43. The molecular weight excluding hydrogens is 396 g/mol. The minimum Gasteiger partial charge on any atom is -0.452 e. The average molecular weight is 422 g/mol. The van der Waals surface area contributed by atoms with Gasteiger partial charge in [-0.05, 0) is 30.9 Å². The predicted molar refractivity (Wildman–Crippen MR) is 115 cm³/mol. The number of nitrogens with one attached hydrogen (secondary N) is 2. The lowest BCUT2D eigenvalue weighted by Gasteiger charge is -2.29. The summed E-state index contributed by atoms with van der Waals surface area (Å²) in [5.41, 5.74) is 1.20. The molecule has 1 fully saturated rings. The molecule has 0 heterocycles. The molecule has 0 bridgehead atoms. The molecule has 7 nitrogen and oxygen atoms in total. The van der Waals surface area contributed by atoms with Crippen LogP contribution < -0.4 is 10.6 Å². The zero-order valence-electron chi connectivity index (χ0n) is 17.4. The SMILES string of the molecule is C[C@H]1CCCC[C@@H]1NC(=O)NC(=O)COC(=O)c1ccc(C(=O)c2ccccc2)cc1. The zero-order chi connectivity index (χ0) is 22.2. The molecule has 162 valence electrons. The van der Waals surface area contributed by atoms with Crippen LogP contribution in [0, 0.1) is 5.92 Å². The van der Waals surface area contributed by atoms with E-state index in [1.165, 1.54) is 24.3 Å². The second kappa shape index (κ2) is 10.5. The van der Waals surface area contributed by atoms with Gasteiger partial charge in [0.2, 0.25) is 0 Å². The molecule has 31 heavy (non-hydrogen) atoms. The van der Waals surface area contributed by atoms with E-state index in [4.69, 9.17) is 4.74 Å². The maximum absolute atomic E-state index is 12.4. The number of esters is 1. The smallest absolute Gasteiger partial charge is 0.338 e. The number of carbonyl (C=O) groups is 4. The Morgan fingerprint density at radius 1 is 0.871 bits per heavy atom. The number of amides is 3. The van der Waals surface area contributed by atoms with E-state index in [1.807, 2.05) is 6.07 Å². The molecule has 2 atom stereocenters. The first-order chi connectivity index (χ1) is 14.9. The summed E-state index contributed by atoms with van der Waals surface area (Å²) in [5, 5.41) is 4.99. The molecule has 1 aliphatic carbocycles. The van der Waals surface area contributed by atoms with Gasteiger partial charge in [0, 0.05) is 17.2 Å². The summed E-state index contributed by atoms with van der Waals surface area (Å²) in [6.07, 6.45) is 4.14. The van der Waals surface area contributed by atoms with Crippen molar-refractivity contribution < 1.29 is 23.9 Å². The average Bonchev–Trinajstić information content (AvgIpc) is 2.79. The highest BCUT2D eigenvalue weighted by Crippen LogP contribution is 2.23. The Labute approximate surface area is 181 Å². The monoisotopic (exact) mass is 422 g/mol. The molecule has 2 aromatic rings. The van der Waals surface area contributed by atoms with E-state index in [2.05, 4.69) is 17.6 Å². The van der Waals surface area contributed by atoms with Gasteiger partial charge in [-0.2, -0.15) is 0 Å². The lowest BCUT2D eigenvalue weighted by molar-refractivity contribution is -0.123. The van der Waals surface area contributed by atoms with Gasteiger partial charge in [0.05, 0.1) is 5.56 Å². The van der Waals surface area contributed by atoms with Crippen LogP contribution in [-0.4, -0.2) is 36.3 Å². The second-order valence-electron chi connectivity index (χ2n) is 7.74. The van der Waals surface area contributed by atoms with Gasteiger partial charge in [-0.3, -0.25) is 14.9 Å². The van der Waals surface area contributed by atoms with Crippen molar-refractivity contribution in [3.8, 4) is 0 Å². The standard InChI is InChI=1S/C24H26N2O5/c1-16-7-5-6-10-20(16)25-24(30)26-21(27)15-31-23(29)19-13-11-18(12-14-19)22(28)17-8-3-2-4-9-17/h2-4,8-9,11-14,16,20H,5-7,10,15H2,1H3,(H2,25,26,27,30)/t16-,20-/m0/s1. The molecule has 2 N–H and O–H groups in total. The fourth-order valence-electron chi connectivity index (χ4n) is 3.63. The molecule has 3 rings (SSSR count). The molecule has 0 saturated heterocycles. The molecule has 0 unspecified atom stereocenters. The van der Waals surface area contributed by atoms with Gasteiger partial charge in [-0.25, -0.2) is 9.59 Å². The fourth-order valence-corrected chi connectivity index (χ4v) is 3.63. The fraction of sp³-hybridized carbons (Fsp3) is 0.333. The first kappa shape index (κ1) is 22.2. The topological polar surface area (TPSA) is 102 Å². The Balaban J connectivity index is 1.46. The highest BCUT2D eigenvalue weighted by Gasteiger charge is 2.23. The van der Waals surface area contributed by atoms with Crippen LogP contribution >= 0.6 is 0 Å². The second-order valence-corrected chi connectivity index (χ2v) is 7.74. The zero-order valence-corrected chi connectivity index (χ0v) is 17.4. The van der Waals surface area contributed by atoms with E-state index in [1.54, 1.807) is 24.3 Å². The van der Waals surface area contributed by atoms with E-state index < -0.39 is 24.5 Å². The number of hydrogen-bond donors (Lipinski definition) is 2. The van der Waals surface area contributed by atoms with Gasteiger partial charge < -0.3 is 10.1 Å². The van der Waals surface area contributed by atoms with Crippen molar-refractivity contribution >= 4 is 23.7 Å². The van der Waals surface area contributed by atoms with Crippen LogP contribution in [0.15, 0.2) is 54.6 Å². The number of benzene rings is 2. The lowest BCUT2D eigenvalue weighted by atomic mass is 9.86. The molecule has 1 saturated carbocycles. The summed E-state index contributed by atoms with van der Waals surface area (Å²) in [6, 6.07) is 14.3. The first-order valence-corrected chi connectivity index (χ1v) is 10.4. The normalized spacial score (nSPS) is 18.0. The maximum Gasteiger partial charge on any atom is 0.338 e. The first-order valence-electron chi connectivity index (χ1n) is 10.4. The third-order valence-corrected chi connectivity index (χ3v) is 5.43. The molecule has 0 spiro atoms. The Morgan fingerprint density at radius 3 is 2.16 bits per heavy atom. The van der Waals surface area contributed by atoms with Crippen LogP contribution in [0.25, 0.3) is 0 Å². The minimum atomic E-state index is -0.713. The van der Waals surface area contributed by atoms with Crippen LogP contribution in [0.3, 0.4) is 0 Å². The highest BCUT2D eigenvalue weighted by atomic mass is 16.5. The molecule has 3 amide bonds. The predicted octanol–water partition coefficient (Wildman–Crippen LogP) is 3.48. The Kier molecular flexibility index (Phi) is 7.54. The number of carbonyl (C=O) groups excluding carboxylic acids is 4. The van der Waals surface area contributed by atoms with Gasteiger partial charge in [-0.15, -0.1) is 0 Å². The van der Waals surface area contributed by atoms with Crippen molar-refractivity contribution in [3.05, 3.63) is 71.3 Å². The molecule has 2 aromatic carbocycles. The van der Waals surface area contributed by atoms with E-state index in [0.29, 0.717) is 17.0 Å². The Hall–Kier alpha value is -3.48. The van der Waals surface area contributed by atoms with Crippen molar-refractivity contribution in [1.82, 2.24) is 10.6 Å². The highest BCUT2D eigenvalue weighted by molar-refractivity contribution is 6.09. The van der Waals surface area contributed by atoms with Gasteiger partial charge in [0.25, 0.3) is 5.91 Å². The van der Waals surface area contributed by atoms with Crippen molar-refractivity contribution in [2.24, 2.45) is 5.92 Å². The molecular formula is C24H26N2O5. The van der Waals surface area contributed by atoms with E-state index >= 15 is 0 Å². The summed E-state index contributed by atoms with van der Waals surface area (Å²) >= 11 is 0. The third kappa shape index (κ3) is 6.25. The summed E-state index contributed by atoms with van der Waals surface area (Å²) < 4.78 is 4.97. The van der Waals surface area contributed by atoms with Gasteiger partial charge in [0.1, 0.15) is 0 Å². The summed E-state index contributed by atoms with van der Waals surface area (Å²) in [4.78, 5) is 48.5. The van der Waals surface area contributed by atoms with Crippen molar-refractivity contribution in [3.63, 3.8) is 0 Å². The van der Waals surface area contributed by atoms with Crippen LogP contribution in [-0.2, 0) is 9.53 Å². The van der Waals surface area contributed by atoms with Gasteiger partial charge in [0.15, 0.2) is 12.4 Å². The molecule has 1 aliphatic rings.